The van der Waals surface area contributed by atoms with Gasteiger partial charge in [0.25, 0.3) is 0 Å². The SMILES string of the molecule is CC(C)(C)OC(=O)N1CC(C23CC(C=O)(C2)C3)C1. The van der Waals surface area contributed by atoms with E-state index in [0.29, 0.717) is 11.3 Å². The highest BCUT2D eigenvalue weighted by molar-refractivity contribution is 5.70. The molecule has 0 radical (unpaired) electrons. The average Bonchev–Trinajstić information content (AvgIpc) is 2.00. The number of ether oxygens (including phenoxy) is 1. The second-order valence-corrected chi connectivity index (χ2v) is 7.46. The Hall–Kier alpha value is -1.06. The van der Waals surface area contributed by atoms with E-state index in [1.165, 1.54) is 0 Å². The zero-order valence-corrected chi connectivity index (χ0v) is 11.4. The van der Waals surface area contributed by atoms with E-state index in [1.807, 2.05) is 20.8 Å². The van der Waals surface area contributed by atoms with Crippen molar-refractivity contribution in [3.05, 3.63) is 0 Å². The first kappa shape index (κ1) is 12.0. The van der Waals surface area contributed by atoms with Gasteiger partial charge in [0.05, 0.1) is 0 Å². The molecule has 1 heterocycles. The Morgan fingerprint density at radius 2 is 1.83 bits per heavy atom. The zero-order valence-electron chi connectivity index (χ0n) is 11.4. The molecule has 4 nitrogen and oxygen atoms in total. The molecule has 0 aromatic heterocycles. The number of carbonyl (C=O) groups is 2. The molecule has 100 valence electrons. The molecule has 4 aliphatic rings. The van der Waals surface area contributed by atoms with Crippen LogP contribution in [-0.4, -0.2) is 36.0 Å². The smallest absolute Gasteiger partial charge is 0.410 e. The van der Waals surface area contributed by atoms with E-state index in [9.17, 15) is 9.59 Å². The van der Waals surface area contributed by atoms with Crippen molar-refractivity contribution in [2.45, 2.75) is 45.6 Å². The van der Waals surface area contributed by atoms with Gasteiger partial charge in [-0.3, -0.25) is 0 Å². The molecule has 18 heavy (non-hydrogen) atoms. The first-order valence-corrected chi connectivity index (χ1v) is 6.72. The Kier molecular flexibility index (Phi) is 2.19. The topological polar surface area (TPSA) is 46.6 Å². The van der Waals surface area contributed by atoms with Gasteiger partial charge in [0, 0.05) is 24.4 Å². The molecular formula is C14H21NO3. The summed E-state index contributed by atoms with van der Waals surface area (Å²) in [5.41, 5.74) is 0.00578. The fraction of sp³-hybridized carbons (Fsp3) is 0.857. The lowest BCUT2D eigenvalue weighted by Crippen LogP contribution is -2.71. The van der Waals surface area contributed by atoms with Crippen LogP contribution in [0.25, 0.3) is 0 Å². The number of hydrogen-bond donors (Lipinski definition) is 0. The summed E-state index contributed by atoms with van der Waals surface area (Å²) >= 11 is 0. The van der Waals surface area contributed by atoms with Crippen LogP contribution in [0.3, 0.4) is 0 Å². The summed E-state index contributed by atoms with van der Waals surface area (Å²) in [7, 11) is 0. The summed E-state index contributed by atoms with van der Waals surface area (Å²) in [4.78, 5) is 24.4. The Bertz CT molecular complexity index is 384. The van der Waals surface area contributed by atoms with Crippen molar-refractivity contribution < 1.29 is 14.3 Å². The molecule has 3 saturated carbocycles. The minimum Gasteiger partial charge on any atom is -0.444 e. The molecule has 1 aliphatic heterocycles. The molecule has 4 rings (SSSR count). The van der Waals surface area contributed by atoms with Crippen LogP contribution in [0.1, 0.15) is 40.0 Å². The van der Waals surface area contributed by atoms with Crippen molar-refractivity contribution in [3.63, 3.8) is 0 Å². The van der Waals surface area contributed by atoms with Gasteiger partial charge in [-0.25, -0.2) is 4.79 Å². The molecule has 4 heteroatoms. The number of hydrogen-bond acceptors (Lipinski definition) is 3. The lowest BCUT2D eigenvalue weighted by atomic mass is 9.32. The highest BCUT2D eigenvalue weighted by Crippen LogP contribution is 2.76. The molecule has 0 spiro atoms. The molecule has 3 aliphatic carbocycles. The fourth-order valence-corrected chi connectivity index (χ4v) is 3.85. The van der Waals surface area contributed by atoms with E-state index in [4.69, 9.17) is 4.74 Å². The molecule has 1 amide bonds. The number of aldehydes is 1. The van der Waals surface area contributed by atoms with Gasteiger partial charge in [-0.15, -0.1) is 0 Å². The molecule has 0 aromatic rings. The molecule has 4 fully saturated rings. The van der Waals surface area contributed by atoms with Crippen molar-refractivity contribution >= 4 is 12.4 Å². The second kappa shape index (κ2) is 3.28. The largest absolute Gasteiger partial charge is 0.444 e. The summed E-state index contributed by atoms with van der Waals surface area (Å²) in [6, 6.07) is 0. The Morgan fingerprint density at radius 3 is 2.28 bits per heavy atom. The third-order valence-corrected chi connectivity index (χ3v) is 4.76. The van der Waals surface area contributed by atoms with Gasteiger partial charge in [-0.2, -0.15) is 0 Å². The van der Waals surface area contributed by atoms with Crippen molar-refractivity contribution in [1.82, 2.24) is 4.90 Å². The summed E-state index contributed by atoms with van der Waals surface area (Å²) in [6.07, 6.45) is 4.10. The van der Waals surface area contributed by atoms with Crippen LogP contribution in [0.5, 0.6) is 0 Å². The standard InChI is InChI=1S/C14H21NO3/c1-12(2,3)18-11(17)15-4-10(5-15)14-6-13(7-14,8-14)9-16/h9-10H,4-8H2,1-3H3. The third kappa shape index (κ3) is 1.57. The summed E-state index contributed by atoms with van der Waals surface area (Å²) in [5.74, 6) is 0.590. The average molecular weight is 251 g/mol. The maximum absolute atomic E-state index is 11.8. The highest BCUT2D eigenvalue weighted by Gasteiger charge is 2.71. The van der Waals surface area contributed by atoms with Crippen LogP contribution >= 0.6 is 0 Å². The van der Waals surface area contributed by atoms with Crippen LogP contribution in [0.4, 0.5) is 4.79 Å². The molecular weight excluding hydrogens is 230 g/mol. The van der Waals surface area contributed by atoms with Gasteiger partial charge in [-0.1, -0.05) is 0 Å². The Balaban J connectivity index is 1.48. The van der Waals surface area contributed by atoms with E-state index >= 15 is 0 Å². The molecule has 0 N–H and O–H groups in total. The van der Waals surface area contributed by atoms with E-state index in [0.717, 1.165) is 38.6 Å². The second-order valence-electron chi connectivity index (χ2n) is 7.46. The first-order valence-electron chi connectivity index (χ1n) is 6.72. The predicted octanol–water partition coefficient (Wildman–Crippen LogP) is 2.22. The van der Waals surface area contributed by atoms with Gasteiger partial charge in [0.2, 0.25) is 0 Å². The predicted molar refractivity (Wildman–Crippen MR) is 66.1 cm³/mol. The van der Waals surface area contributed by atoms with Crippen molar-refractivity contribution in [2.75, 3.05) is 13.1 Å². The van der Waals surface area contributed by atoms with Gasteiger partial charge < -0.3 is 14.4 Å². The van der Waals surface area contributed by atoms with Crippen LogP contribution < -0.4 is 0 Å². The number of amides is 1. The minimum absolute atomic E-state index is 0.0341. The van der Waals surface area contributed by atoms with Gasteiger partial charge >= 0.3 is 6.09 Å². The Labute approximate surface area is 108 Å². The Morgan fingerprint density at radius 1 is 1.28 bits per heavy atom. The maximum Gasteiger partial charge on any atom is 0.410 e. The van der Waals surface area contributed by atoms with Gasteiger partial charge in [-0.05, 0) is 45.4 Å². The molecule has 1 saturated heterocycles. The molecule has 2 bridgehead atoms. The quantitative estimate of drug-likeness (QED) is 0.707. The van der Waals surface area contributed by atoms with E-state index in [-0.39, 0.29) is 11.5 Å². The number of rotatable bonds is 2. The molecule has 0 aromatic carbocycles. The van der Waals surface area contributed by atoms with Gasteiger partial charge in [0.15, 0.2) is 0 Å². The van der Waals surface area contributed by atoms with Crippen molar-refractivity contribution in [3.8, 4) is 0 Å². The van der Waals surface area contributed by atoms with Crippen LogP contribution in [-0.2, 0) is 9.53 Å². The van der Waals surface area contributed by atoms with Crippen LogP contribution in [0, 0.1) is 16.7 Å². The maximum atomic E-state index is 11.8. The lowest BCUT2D eigenvalue weighted by Gasteiger charge is -2.73. The fourth-order valence-electron chi connectivity index (χ4n) is 3.85. The monoisotopic (exact) mass is 251 g/mol. The summed E-state index contributed by atoms with van der Waals surface area (Å²) < 4.78 is 5.34. The van der Waals surface area contributed by atoms with Gasteiger partial charge in [0.1, 0.15) is 11.9 Å². The number of nitrogens with zero attached hydrogens (tertiary/aromatic N) is 1. The molecule has 0 unspecified atom stereocenters. The molecule has 0 atom stereocenters. The third-order valence-electron chi connectivity index (χ3n) is 4.76. The van der Waals surface area contributed by atoms with E-state index in [2.05, 4.69) is 0 Å². The van der Waals surface area contributed by atoms with Crippen molar-refractivity contribution in [2.24, 2.45) is 16.7 Å². The van der Waals surface area contributed by atoms with Crippen molar-refractivity contribution in [1.29, 1.82) is 0 Å². The van der Waals surface area contributed by atoms with Crippen LogP contribution in [0.15, 0.2) is 0 Å². The summed E-state index contributed by atoms with van der Waals surface area (Å²) in [5, 5.41) is 0. The lowest BCUT2D eigenvalue weighted by molar-refractivity contribution is -0.237. The zero-order chi connectivity index (χ0) is 13.2. The number of likely N-dealkylation sites (tertiary alicyclic amines) is 1. The summed E-state index contributed by atoms with van der Waals surface area (Å²) in [6.45, 7) is 7.28. The first-order chi connectivity index (χ1) is 8.28. The van der Waals surface area contributed by atoms with E-state index in [1.54, 1.807) is 4.90 Å². The highest BCUT2D eigenvalue weighted by atomic mass is 16.6. The normalized spacial score (nSPS) is 38.3. The van der Waals surface area contributed by atoms with E-state index < -0.39 is 5.60 Å². The number of carbonyl (C=O) groups excluding carboxylic acids is 2. The van der Waals surface area contributed by atoms with Crippen LogP contribution in [0.2, 0.25) is 0 Å². The minimum atomic E-state index is -0.417.